The van der Waals surface area contributed by atoms with E-state index in [9.17, 15) is 0 Å². The van der Waals surface area contributed by atoms with Crippen LogP contribution in [0.25, 0.3) is 23.2 Å². The first-order chi connectivity index (χ1) is 10.3. The van der Waals surface area contributed by atoms with Gasteiger partial charge in [0.05, 0.1) is 12.2 Å². The highest BCUT2D eigenvalue weighted by atomic mass is 16.5. The van der Waals surface area contributed by atoms with E-state index in [1.807, 2.05) is 38.1 Å². The van der Waals surface area contributed by atoms with Gasteiger partial charge in [-0.05, 0) is 19.1 Å². The van der Waals surface area contributed by atoms with E-state index in [0.29, 0.717) is 30.4 Å². The van der Waals surface area contributed by atoms with Gasteiger partial charge in [-0.15, -0.1) is 0 Å². The van der Waals surface area contributed by atoms with Crippen LogP contribution in [0.3, 0.4) is 0 Å². The van der Waals surface area contributed by atoms with Gasteiger partial charge in [0.15, 0.2) is 5.82 Å². The predicted molar refractivity (Wildman–Crippen MR) is 73.6 cm³/mol. The molecular weight excluding hydrogens is 272 g/mol. The molecule has 0 spiro atoms. The maximum atomic E-state index is 5.55. The molecule has 0 radical (unpaired) electrons. The zero-order valence-corrected chi connectivity index (χ0v) is 11.7. The van der Waals surface area contributed by atoms with Gasteiger partial charge in [0.25, 0.3) is 0 Å². The molecule has 108 valence electrons. The fourth-order valence-electron chi connectivity index (χ4n) is 1.84. The zero-order valence-electron chi connectivity index (χ0n) is 11.7. The van der Waals surface area contributed by atoms with Crippen LogP contribution in [0.2, 0.25) is 0 Å². The van der Waals surface area contributed by atoms with Gasteiger partial charge in [-0.1, -0.05) is 29.4 Å². The highest BCUT2D eigenvalue weighted by molar-refractivity contribution is 5.64. The van der Waals surface area contributed by atoms with Gasteiger partial charge in [-0.25, -0.2) is 0 Å². The Bertz CT molecular complexity index is 735. The Morgan fingerprint density at radius 2 is 1.76 bits per heavy atom. The molecule has 7 heteroatoms. The van der Waals surface area contributed by atoms with E-state index in [4.69, 9.17) is 13.8 Å². The second kappa shape index (κ2) is 5.74. The van der Waals surface area contributed by atoms with E-state index in [1.165, 1.54) is 0 Å². The molecular formula is C14H14N4O3. The lowest BCUT2D eigenvalue weighted by atomic mass is 10.2. The highest BCUT2D eigenvalue weighted by Gasteiger charge is 2.18. The third-order valence-electron chi connectivity index (χ3n) is 2.82. The Morgan fingerprint density at radius 3 is 2.52 bits per heavy atom. The first kappa shape index (κ1) is 13.3. The van der Waals surface area contributed by atoms with Crippen molar-refractivity contribution >= 4 is 0 Å². The minimum absolute atomic E-state index is 0.198. The molecule has 0 bridgehead atoms. The third kappa shape index (κ3) is 2.62. The van der Waals surface area contributed by atoms with E-state index < -0.39 is 0 Å². The van der Waals surface area contributed by atoms with Gasteiger partial charge < -0.3 is 13.8 Å². The van der Waals surface area contributed by atoms with E-state index in [-0.39, 0.29) is 11.8 Å². The third-order valence-corrected chi connectivity index (χ3v) is 2.82. The van der Waals surface area contributed by atoms with Gasteiger partial charge in [-0.2, -0.15) is 9.97 Å². The molecule has 0 aliphatic carbocycles. The molecule has 0 fully saturated rings. The lowest BCUT2D eigenvalue weighted by Gasteiger charge is -2.05. The number of aromatic nitrogens is 4. The fraction of sp³-hybridized carbons (Fsp3) is 0.286. The van der Waals surface area contributed by atoms with Crippen LogP contribution in [0.4, 0.5) is 0 Å². The number of benzene rings is 1. The normalized spacial score (nSPS) is 10.8. The molecule has 2 aromatic heterocycles. The molecule has 3 rings (SSSR count). The van der Waals surface area contributed by atoms with E-state index in [1.54, 1.807) is 0 Å². The molecule has 0 unspecified atom stereocenters. The van der Waals surface area contributed by atoms with Crippen LogP contribution in [0.15, 0.2) is 33.3 Å². The molecule has 0 saturated heterocycles. The van der Waals surface area contributed by atoms with Gasteiger partial charge in [0, 0.05) is 6.42 Å². The summed E-state index contributed by atoms with van der Waals surface area (Å²) in [7, 11) is 0. The molecule has 7 nitrogen and oxygen atoms in total. The van der Waals surface area contributed by atoms with Crippen molar-refractivity contribution < 1.29 is 13.8 Å². The van der Waals surface area contributed by atoms with Crippen LogP contribution in [0.5, 0.6) is 5.75 Å². The molecule has 2 heterocycles. The molecule has 0 aliphatic rings. The van der Waals surface area contributed by atoms with Crippen molar-refractivity contribution in [3.63, 3.8) is 0 Å². The first-order valence-electron chi connectivity index (χ1n) is 6.70. The molecule has 0 atom stereocenters. The van der Waals surface area contributed by atoms with Crippen molar-refractivity contribution in [2.24, 2.45) is 0 Å². The number of rotatable bonds is 5. The highest BCUT2D eigenvalue weighted by Crippen LogP contribution is 2.29. The quantitative estimate of drug-likeness (QED) is 0.712. The molecule has 3 aromatic rings. The average Bonchev–Trinajstić information content (AvgIpc) is 3.17. The fourth-order valence-corrected chi connectivity index (χ4v) is 1.84. The van der Waals surface area contributed by atoms with Gasteiger partial charge in [0.2, 0.25) is 5.82 Å². The first-order valence-corrected chi connectivity index (χ1v) is 6.70. The van der Waals surface area contributed by atoms with Crippen LogP contribution >= 0.6 is 0 Å². The monoisotopic (exact) mass is 286 g/mol. The molecule has 0 amide bonds. The van der Waals surface area contributed by atoms with Crippen molar-refractivity contribution in [3.05, 3.63) is 30.1 Å². The average molecular weight is 286 g/mol. The summed E-state index contributed by atoms with van der Waals surface area (Å²) in [5, 5.41) is 7.75. The maximum Gasteiger partial charge on any atom is 0.316 e. The topological polar surface area (TPSA) is 87.1 Å². The molecule has 1 aromatic carbocycles. The zero-order chi connectivity index (χ0) is 14.7. The molecule has 21 heavy (non-hydrogen) atoms. The summed E-state index contributed by atoms with van der Waals surface area (Å²) < 4.78 is 15.8. The largest absolute Gasteiger partial charge is 0.493 e. The lowest BCUT2D eigenvalue weighted by Crippen LogP contribution is -1.94. The van der Waals surface area contributed by atoms with E-state index >= 15 is 0 Å². The van der Waals surface area contributed by atoms with Crippen molar-refractivity contribution in [2.45, 2.75) is 20.3 Å². The number of hydrogen-bond donors (Lipinski definition) is 0. The van der Waals surface area contributed by atoms with Crippen LogP contribution < -0.4 is 4.74 Å². The SMILES string of the molecule is CCOc1ccccc1-c1noc(-c2nc(CC)no2)n1. The Kier molecular flexibility index (Phi) is 3.63. The van der Waals surface area contributed by atoms with Crippen molar-refractivity contribution in [1.82, 2.24) is 20.3 Å². The summed E-state index contributed by atoms with van der Waals surface area (Å²) in [6.45, 7) is 4.42. The summed E-state index contributed by atoms with van der Waals surface area (Å²) in [6, 6.07) is 7.50. The predicted octanol–water partition coefficient (Wildman–Crippen LogP) is 2.75. The van der Waals surface area contributed by atoms with E-state index in [2.05, 4.69) is 20.3 Å². The number of aryl methyl sites for hydroxylation is 1. The lowest BCUT2D eigenvalue weighted by molar-refractivity contribution is 0.341. The molecule has 0 saturated carbocycles. The van der Waals surface area contributed by atoms with Gasteiger partial charge in [0.1, 0.15) is 5.75 Å². The second-order valence-corrected chi connectivity index (χ2v) is 4.22. The Morgan fingerprint density at radius 1 is 1.00 bits per heavy atom. The molecule has 0 N–H and O–H groups in total. The maximum absolute atomic E-state index is 5.55. The van der Waals surface area contributed by atoms with Crippen molar-refractivity contribution in [2.75, 3.05) is 6.61 Å². The Labute approximate surface area is 120 Å². The van der Waals surface area contributed by atoms with Gasteiger partial charge in [-0.3, -0.25) is 0 Å². The Hall–Kier alpha value is -2.70. The smallest absolute Gasteiger partial charge is 0.316 e. The van der Waals surface area contributed by atoms with Crippen LogP contribution in [-0.4, -0.2) is 26.9 Å². The molecule has 0 aliphatic heterocycles. The number of nitrogens with zero attached hydrogens (tertiary/aromatic N) is 4. The summed E-state index contributed by atoms with van der Waals surface area (Å²) in [5.41, 5.74) is 0.754. The van der Waals surface area contributed by atoms with Crippen molar-refractivity contribution in [1.29, 1.82) is 0 Å². The summed E-state index contributed by atoms with van der Waals surface area (Å²) in [5.74, 6) is 2.14. The van der Waals surface area contributed by atoms with Crippen LogP contribution in [0.1, 0.15) is 19.7 Å². The Balaban J connectivity index is 1.95. The standard InChI is InChI=1S/C14H14N4O3/c1-3-11-15-13(20-17-11)14-16-12(18-21-14)9-7-5-6-8-10(9)19-4-2/h5-8H,3-4H2,1-2H3. The van der Waals surface area contributed by atoms with Crippen LogP contribution in [0, 0.1) is 0 Å². The number of para-hydroxylation sites is 1. The minimum Gasteiger partial charge on any atom is -0.493 e. The summed E-state index contributed by atoms with van der Waals surface area (Å²) in [6.07, 6.45) is 0.678. The summed E-state index contributed by atoms with van der Waals surface area (Å²) in [4.78, 5) is 8.45. The van der Waals surface area contributed by atoms with Crippen LogP contribution in [-0.2, 0) is 6.42 Å². The number of hydrogen-bond acceptors (Lipinski definition) is 7. The number of ether oxygens (including phenoxy) is 1. The van der Waals surface area contributed by atoms with Crippen molar-refractivity contribution in [3.8, 4) is 28.9 Å². The summed E-state index contributed by atoms with van der Waals surface area (Å²) >= 11 is 0. The minimum atomic E-state index is 0.198. The van der Waals surface area contributed by atoms with E-state index in [0.717, 1.165) is 5.56 Å². The van der Waals surface area contributed by atoms with Gasteiger partial charge >= 0.3 is 11.8 Å². The second-order valence-electron chi connectivity index (χ2n) is 4.22.